The van der Waals surface area contributed by atoms with E-state index >= 15 is 0 Å². The number of rotatable bonds is 4. The Bertz CT molecular complexity index is 294. The van der Waals surface area contributed by atoms with E-state index in [4.69, 9.17) is 4.74 Å². The van der Waals surface area contributed by atoms with Crippen molar-refractivity contribution in [3.05, 3.63) is 0 Å². The molecule has 1 N–H and O–H groups in total. The minimum atomic E-state index is -0.386. The second kappa shape index (κ2) is 7.24. The summed E-state index contributed by atoms with van der Waals surface area (Å²) in [6.07, 6.45) is 2.07. The minimum absolute atomic E-state index is 0.0123. The van der Waals surface area contributed by atoms with Gasteiger partial charge in [0.05, 0.1) is 12.6 Å². The molecule has 2 unspecified atom stereocenters. The van der Waals surface area contributed by atoms with E-state index in [0.29, 0.717) is 25.5 Å². The molecule has 104 valence electrons. The Morgan fingerprint density at radius 2 is 2.00 bits per heavy atom. The van der Waals surface area contributed by atoms with E-state index in [1.807, 2.05) is 11.8 Å². The summed E-state index contributed by atoms with van der Waals surface area (Å²) < 4.78 is 4.88. The van der Waals surface area contributed by atoms with Crippen molar-refractivity contribution in [2.24, 2.45) is 5.92 Å². The third-order valence-electron chi connectivity index (χ3n) is 3.37. The lowest BCUT2D eigenvalue weighted by molar-refractivity contribution is -0.133. The minimum Gasteiger partial charge on any atom is -0.450 e. The highest BCUT2D eigenvalue weighted by molar-refractivity contribution is 5.76. The summed E-state index contributed by atoms with van der Waals surface area (Å²) in [5.74, 6) is 0.616. The highest BCUT2D eigenvalue weighted by Gasteiger charge is 2.29. The first-order valence-corrected chi connectivity index (χ1v) is 6.81. The van der Waals surface area contributed by atoms with E-state index in [1.54, 1.807) is 6.92 Å². The number of carbonyl (C=O) groups is 2. The molecule has 1 fully saturated rings. The van der Waals surface area contributed by atoms with Crippen molar-refractivity contribution in [1.82, 2.24) is 10.2 Å². The van der Waals surface area contributed by atoms with E-state index in [2.05, 4.69) is 12.2 Å². The molecule has 0 saturated carbocycles. The second-order valence-electron chi connectivity index (χ2n) is 4.72. The van der Waals surface area contributed by atoms with E-state index in [-0.39, 0.29) is 18.0 Å². The lowest BCUT2D eigenvalue weighted by Crippen LogP contribution is -2.52. The van der Waals surface area contributed by atoms with Crippen LogP contribution in [-0.2, 0) is 9.53 Å². The fourth-order valence-corrected chi connectivity index (χ4v) is 2.37. The van der Waals surface area contributed by atoms with Crippen molar-refractivity contribution in [3.8, 4) is 0 Å². The average Bonchev–Trinajstić information content (AvgIpc) is 2.37. The number of amides is 2. The Hall–Kier alpha value is -1.26. The monoisotopic (exact) mass is 256 g/mol. The number of nitrogens with zero attached hydrogens (tertiary/aromatic N) is 1. The standard InChI is InChI=1S/C13H24N2O3/c1-4-10-7-11(14-13(17)18-6-3)9-15(8-10)12(16)5-2/h10-11H,4-9H2,1-3H3,(H,14,17). The third kappa shape index (κ3) is 4.20. The van der Waals surface area contributed by atoms with Crippen molar-refractivity contribution in [1.29, 1.82) is 0 Å². The molecule has 1 heterocycles. The van der Waals surface area contributed by atoms with Crippen molar-refractivity contribution < 1.29 is 14.3 Å². The Balaban J connectivity index is 2.56. The van der Waals surface area contributed by atoms with Crippen LogP contribution in [0.2, 0.25) is 0 Å². The summed E-state index contributed by atoms with van der Waals surface area (Å²) in [6.45, 7) is 7.54. The predicted octanol–water partition coefficient (Wildman–Crippen LogP) is 1.77. The zero-order chi connectivity index (χ0) is 13.5. The number of ether oxygens (including phenoxy) is 1. The van der Waals surface area contributed by atoms with Crippen LogP contribution in [-0.4, -0.2) is 42.6 Å². The van der Waals surface area contributed by atoms with E-state index in [0.717, 1.165) is 19.4 Å². The van der Waals surface area contributed by atoms with Crippen molar-refractivity contribution >= 4 is 12.0 Å². The van der Waals surface area contributed by atoms with Gasteiger partial charge in [0.15, 0.2) is 0 Å². The number of nitrogens with one attached hydrogen (secondary N) is 1. The average molecular weight is 256 g/mol. The van der Waals surface area contributed by atoms with Gasteiger partial charge in [-0.15, -0.1) is 0 Å². The van der Waals surface area contributed by atoms with Crippen molar-refractivity contribution in [2.75, 3.05) is 19.7 Å². The molecule has 0 bridgehead atoms. The third-order valence-corrected chi connectivity index (χ3v) is 3.37. The fourth-order valence-electron chi connectivity index (χ4n) is 2.37. The van der Waals surface area contributed by atoms with Crippen LogP contribution >= 0.6 is 0 Å². The van der Waals surface area contributed by atoms with Crippen molar-refractivity contribution in [2.45, 2.75) is 46.1 Å². The molecule has 0 aromatic carbocycles. The lowest BCUT2D eigenvalue weighted by Gasteiger charge is -2.37. The highest BCUT2D eigenvalue weighted by Crippen LogP contribution is 2.20. The highest BCUT2D eigenvalue weighted by atomic mass is 16.5. The molecule has 1 aliphatic heterocycles. The van der Waals surface area contributed by atoms with Gasteiger partial charge in [0.25, 0.3) is 0 Å². The number of carbonyl (C=O) groups excluding carboxylic acids is 2. The van der Waals surface area contributed by atoms with Crippen LogP contribution in [0.3, 0.4) is 0 Å². The molecular weight excluding hydrogens is 232 g/mol. The largest absolute Gasteiger partial charge is 0.450 e. The molecule has 0 spiro atoms. The van der Waals surface area contributed by atoms with Crippen LogP contribution in [0.25, 0.3) is 0 Å². The van der Waals surface area contributed by atoms with Crippen LogP contribution in [0.15, 0.2) is 0 Å². The van der Waals surface area contributed by atoms with Gasteiger partial charge in [0.2, 0.25) is 5.91 Å². The van der Waals surface area contributed by atoms with Gasteiger partial charge in [-0.25, -0.2) is 4.79 Å². The van der Waals surface area contributed by atoms with Crippen LogP contribution in [0.1, 0.15) is 40.0 Å². The molecule has 2 amide bonds. The summed E-state index contributed by atoms with van der Waals surface area (Å²) in [4.78, 5) is 25.0. The van der Waals surface area contributed by atoms with Gasteiger partial charge in [-0.1, -0.05) is 20.3 Å². The molecule has 5 heteroatoms. The summed E-state index contributed by atoms with van der Waals surface area (Å²) in [7, 11) is 0. The Morgan fingerprint density at radius 1 is 1.28 bits per heavy atom. The van der Waals surface area contributed by atoms with Gasteiger partial charge >= 0.3 is 6.09 Å². The predicted molar refractivity (Wildman–Crippen MR) is 69.2 cm³/mol. The maximum Gasteiger partial charge on any atom is 0.407 e. The molecule has 18 heavy (non-hydrogen) atoms. The quantitative estimate of drug-likeness (QED) is 0.834. The van der Waals surface area contributed by atoms with Crippen LogP contribution in [0, 0.1) is 5.92 Å². The molecule has 0 aromatic rings. The summed E-state index contributed by atoms with van der Waals surface area (Å²) in [5, 5.41) is 2.84. The van der Waals surface area contributed by atoms with Gasteiger partial charge < -0.3 is 15.0 Å². The first kappa shape index (κ1) is 14.8. The first-order valence-electron chi connectivity index (χ1n) is 6.81. The van der Waals surface area contributed by atoms with Gasteiger partial charge in [-0.05, 0) is 19.3 Å². The van der Waals surface area contributed by atoms with Gasteiger partial charge in [-0.2, -0.15) is 0 Å². The summed E-state index contributed by atoms with van der Waals surface area (Å²) in [6, 6.07) is 0.0123. The zero-order valence-electron chi connectivity index (χ0n) is 11.6. The molecule has 1 aliphatic rings. The topological polar surface area (TPSA) is 58.6 Å². The van der Waals surface area contributed by atoms with E-state index in [9.17, 15) is 9.59 Å². The number of hydrogen-bond donors (Lipinski definition) is 1. The van der Waals surface area contributed by atoms with Crippen molar-refractivity contribution in [3.63, 3.8) is 0 Å². The maximum atomic E-state index is 11.8. The van der Waals surface area contributed by atoms with Crippen LogP contribution in [0.4, 0.5) is 4.79 Å². The smallest absolute Gasteiger partial charge is 0.407 e. The van der Waals surface area contributed by atoms with Gasteiger partial charge in [0.1, 0.15) is 0 Å². The van der Waals surface area contributed by atoms with Crippen LogP contribution in [0.5, 0.6) is 0 Å². The number of piperidine rings is 1. The number of likely N-dealkylation sites (tertiary alicyclic amines) is 1. The molecule has 5 nitrogen and oxygen atoms in total. The molecule has 0 aliphatic carbocycles. The summed E-state index contributed by atoms with van der Waals surface area (Å²) >= 11 is 0. The van der Waals surface area contributed by atoms with E-state index in [1.165, 1.54) is 0 Å². The van der Waals surface area contributed by atoms with Gasteiger partial charge in [-0.3, -0.25) is 4.79 Å². The Labute approximate surface area is 109 Å². The van der Waals surface area contributed by atoms with E-state index < -0.39 is 0 Å². The number of hydrogen-bond acceptors (Lipinski definition) is 3. The molecule has 2 atom stereocenters. The van der Waals surface area contributed by atoms with Crippen LogP contribution < -0.4 is 5.32 Å². The maximum absolute atomic E-state index is 11.8. The Kier molecular flexibility index (Phi) is 5.95. The fraction of sp³-hybridized carbons (Fsp3) is 0.846. The molecule has 0 aromatic heterocycles. The summed E-state index contributed by atoms with van der Waals surface area (Å²) in [5.41, 5.74) is 0. The van der Waals surface area contributed by atoms with Gasteiger partial charge in [0, 0.05) is 19.5 Å². The molecular formula is C13H24N2O3. The SMILES string of the molecule is CCOC(=O)NC1CC(CC)CN(C(=O)CC)C1. The molecule has 0 radical (unpaired) electrons. The lowest BCUT2D eigenvalue weighted by atomic mass is 9.92. The first-order chi connectivity index (χ1) is 8.60. The molecule has 1 rings (SSSR count). The normalized spacial score (nSPS) is 23.6. The Morgan fingerprint density at radius 3 is 2.56 bits per heavy atom. The second-order valence-corrected chi connectivity index (χ2v) is 4.72. The molecule has 1 saturated heterocycles. The zero-order valence-corrected chi connectivity index (χ0v) is 11.6. The number of alkyl carbamates (subject to hydrolysis) is 1.